The highest BCUT2D eigenvalue weighted by atomic mass is 79.9. The Morgan fingerprint density at radius 3 is 2.48 bits per heavy atom. The van der Waals surface area contributed by atoms with E-state index in [0.29, 0.717) is 20.1 Å². The van der Waals surface area contributed by atoms with Crippen LogP contribution in [0, 0.1) is 0 Å². The molecule has 0 fully saturated rings. The molecule has 2 rings (SSSR count). The molecule has 0 saturated carbocycles. The molecule has 1 N–H and O–H groups in total. The minimum absolute atomic E-state index is 0.189. The van der Waals surface area contributed by atoms with Gasteiger partial charge in [0, 0.05) is 20.6 Å². The highest BCUT2D eigenvalue weighted by Crippen LogP contribution is 2.27. The predicted octanol–water partition coefficient (Wildman–Crippen LogP) is 4.80. The fourth-order valence-corrected chi connectivity index (χ4v) is 4.24. The van der Waals surface area contributed by atoms with Gasteiger partial charge in [-0.25, -0.2) is 13.1 Å². The monoisotopic (exact) mass is 407 g/mol. The number of hydrogen-bond acceptors (Lipinski definition) is 2. The standard InChI is InChI=1S/C14H12BrCl2NO2S/c1-9(13-6-5-11(16)8-14(13)17)18-21(19,20)12-4-2-3-10(15)7-12/h2-9,18H,1H3. The normalized spacial score (nSPS) is 13.1. The molecule has 2 aromatic carbocycles. The van der Waals surface area contributed by atoms with E-state index in [1.54, 1.807) is 43.3 Å². The average molecular weight is 409 g/mol. The summed E-state index contributed by atoms with van der Waals surface area (Å²) < 4.78 is 28.0. The number of sulfonamides is 1. The molecule has 0 aliphatic carbocycles. The number of halogens is 3. The van der Waals surface area contributed by atoms with Crippen LogP contribution in [-0.2, 0) is 10.0 Å². The number of benzene rings is 2. The lowest BCUT2D eigenvalue weighted by Gasteiger charge is -2.16. The molecule has 0 amide bonds. The molecule has 3 nitrogen and oxygen atoms in total. The summed E-state index contributed by atoms with van der Waals surface area (Å²) in [6, 6.07) is 11.0. The van der Waals surface area contributed by atoms with E-state index in [1.165, 1.54) is 6.07 Å². The number of hydrogen-bond donors (Lipinski definition) is 1. The average Bonchev–Trinajstić information content (AvgIpc) is 2.37. The van der Waals surface area contributed by atoms with E-state index < -0.39 is 16.1 Å². The zero-order chi connectivity index (χ0) is 15.6. The summed E-state index contributed by atoms with van der Waals surface area (Å²) in [4.78, 5) is 0.189. The third kappa shape index (κ3) is 4.20. The summed E-state index contributed by atoms with van der Waals surface area (Å²) in [5.74, 6) is 0. The molecule has 0 aromatic heterocycles. The predicted molar refractivity (Wildman–Crippen MR) is 89.3 cm³/mol. The molecule has 0 bridgehead atoms. The molecule has 0 aliphatic heterocycles. The van der Waals surface area contributed by atoms with Crippen LogP contribution >= 0.6 is 39.1 Å². The second-order valence-corrected chi connectivity index (χ2v) is 7.94. The first-order chi connectivity index (χ1) is 9.79. The zero-order valence-corrected chi connectivity index (χ0v) is 14.9. The van der Waals surface area contributed by atoms with E-state index in [2.05, 4.69) is 20.7 Å². The highest BCUT2D eigenvalue weighted by molar-refractivity contribution is 9.10. The Bertz CT molecular complexity index is 765. The molecular weight excluding hydrogens is 397 g/mol. The minimum atomic E-state index is -3.63. The fourth-order valence-electron chi connectivity index (χ4n) is 1.85. The molecule has 0 radical (unpaired) electrons. The Hall–Kier alpha value is -0.590. The maximum Gasteiger partial charge on any atom is 0.241 e. The first-order valence-corrected chi connectivity index (χ1v) is 9.05. The molecule has 1 atom stereocenters. The van der Waals surface area contributed by atoms with Crippen LogP contribution in [0.1, 0.15) is 18.5 Å². The van der Waals surface area contributed by atoms with Crippen molar-refractivity contribution in [1.29, 1.82) is 0 Å². The number of nitrogens with one attached hydrogen (secondary N) is 1. The number of rotatable bonds is 4. The van der Waals surface area contributed by atoms with Crippen molar-refractivity contribution in [3.63, 3.8) is 0 Å². The van der Waals surface area contributed by atoms with Crippen LogP contribution in [0.3, 0.4) is 0 Å². The Morgan fingerprint density at radius 2 is 1.86 bits per heavy atom. The van der Waals surface area contributed by atoms with Crippen LogP contribution in [0.15, 0.2) is 51.8 Å². The molecular formula is C14H12BrCl2NO2S. The van der Waals surface area contributed by atoms with Crippen molar-refractivity contribution >= 4 is 49.2 Å². The van der Waals surface area contributed by atoms with Crippen LogP contribution in [0.4, 0.5) is 0 Å². The summed E-state index contributed by atoms with van der Waals surface area (Å²) in [5.41, 5.74) is 0.666. The molecule has 0 aliphatic rings. The van der Waals surface area contributed by atoms with Gasteiger partial charge in [-0.1, -0.05) is 51.3 Å². The Kier molecular flexibility index (Phi) is 5.33. The molecule has 0 saturated heterocycles. The molecule has 21 heavy (non-hydrogen) atoms. The molecule has 0 heterocycles. The lowest BCUT2D eigenvalue weighted by molar-refractivity contribution is 0.567. The van der Waals surface area contributed by atoms with Crippen molar-refractivity contribution in [2.75, 3.05) is 0 Å². The van der Waals surface area contributed by atoms with Crippen LogP contribution in [0.25, 0.3) is 0 Å². The molecule has 0 spiro atoms. The van der Waals surface area contributed by atoms with Gasteiger partial charge in [0.1, 0.15) is 0 Å². The van der Waals surface area contributed by atoms with Gasteiger partial charge in [0.15, 0.2) is 0 Å². The Labute approximate surface area is 142 Å². The first kappa shape index (κ1) is 16.8. The molecule has 7 heteroatoms. The minimum Gasteiger partial charge on any atom is -0.207 e. The summed E-state index contributed by atoms with van der Waals surface area (Å²) in [6.07, 6.45) is 0. The van der Waals surface area contributed by atoms with E-state index in [1.807, 2.05) is 0 Å². The van der Waals surface area contributed by atoms with Gasteiger partial charge in [0.25, 0.3) is 0 Å². The van der Waals surface area contributed by atoms with E-state index in [0.717, 1.165) is 0 Å². The van der Waals surface area contributed by atoms with Gasteiger partial charge in [-0.15, -0.1) is 0 Å². The van der Waals surface area contributed by atoms with Crippen LogP contribution in [0.5, 0.6) is 0 Å². The maximum atomic E-state index is 12.3. The quantitative estimate of drug-likeness (QED) is 0.789. The van der Waals surface area contributed by atoms with Gasteiger partial charge in [0.2, 0.25) is 10.0 Å². The highest BCUT2D eigenvalue weighted by Gasteiger charge is 2.20. The van der Waals surface area contributed by atoms with Gasteiger partial charge >= 0.3 is 0 Å². The first-order valence-electron chi connectivity index (χ1n) is 6.02. The van der Waals surface area contributed by atoms with Gasteiger partial charge in [-0.05, 0) is 42.8 Å². The van der Waals surface area contributed by atoms with Gasteiger partial charge in [-0.2, -0.15) is 0 Å². The second kappa shape index (κ2) is 6.67. The maximum absolute atomic E-state index is 12.3. The summed E-state index contributed by atoms with van der Waals surface area (Å²) in [5, 5.41) is 0.928. The van der Waals surface area contributed by atoms with Crippen molar-refractivity contribution in [2.45, 2.75) is 17.9 Å². The van der Waals surface area contributed by atoms with Crippen molar-refractivity contribution in [1.82, 2.24) is 4.72 Å². The van der Waals surface area contributed by atoms with Crippen molar-refractivity contribution < 1.29 is 8.42 Å². The molecule has 2 aromatic rings. The zero-order valence-electron chi connectivity index (χ0n) is 11.0. The van der Waals surface area contributed by atoms with Crippen molar-refractivity contribution in [3.05, 3.63) is 62.5 Å². The summed E-state index contributed by atoms with van der Waals surface area (Å²) >= 11 is 15.2. The Morgan fingerprint density at radius 1 is 1.14 bits per heavy atom. The van der Waals surface area contributed by atoms with Crippen molar-refractivity contribution in [3.8, 4) is 0 Å². The SMILES string of the molecule is CC(NS(=O)(=O)c1cccc(Br)c1)c1ccc(Cl)cc1Cl. The van der Waals surface area contributed by atoms with E-state index >= 15 is 0 Å². The van der Waals surface area contributed by atoms with Crippen molar-refractivity contribution in [2.24, 2.45) is 0 Å². The lowest BCUT2D eigenvalue weighted by atomic mass is 10.1. The second-order valence-electron chi connectivity index (χ2n) is 4.47. The third-order valence-corrected chi connectivity index (χ3v) is 5.46. The Balaban J connectivity index is 2.28. The summed E-state index contributed by atoms with van der Waals surface area (Å²) in [6.45, 7) is 1.73. The molecule has 1 unspecified atom stereocenters. The van der Waals surface area contributed by atoms with Crippen LogP contribution in [0.2, 0.25) is 10.0 Å². The van der Waals surface area contributed by atoms with E-state index in [9.17, 15) is 8.42 Å². The fraction of sp³-hybridized carbons (Fsp3) is 0.143. The lowest BCUT2D eigenvalue weighted by Crippen LogP contribution is -2.27. The third-order valence-electron chi connectivity index (χ3n) is 2.87. The van der Waals surface area contributed by atoms with Crippen LogP contribution < -0.4 is 4.72 Å². The van der Waals surface area contributed by atoms with Gasteiger partial charge < -0.3 is 0 Å². The van der Waals surface area contributed by atoms with E-state index in [4.69, 9.17) is 23.2 Å². The largest absolute Gasteiger partial charge is 0.241 e. The smallest absolute Gasteiger partial charge is 0.207 e. The van der Waals surface area contributed by atoms with Crippen LogP contribution in [-0.4, -0.2) is 8.42 Å². The molecule has 112 valence electrons. The summed E-state index contributed by atoms with van der Waals surface area (Å²) in [7, 11) is -3.63. The van der Waals surface area contributed by atoms with E-state index in [-0.39, 0.29) is 4.90 Å². The van der Waals surface area contributed by atoms with Gasteiger partial charge in [0.05, 0.1) is 4.90 Å². The van der Waals surface area contributed by atoms with Gasteiger partial charge in [-0.3, -0.25) is 0 Å². The topological polar surface area (TPSA) is 46.2 Å².